The van der Waals surface area contributed by atoms with E-state index < -0.39 is 5.60 Å². The number of nitrogens with one attached hydrogen (secondary N) is 2. The number of hydrogen-bond donors (Lipinski definition) is 3. The average molecular weight is 314 g/mol. The van der Waals surface area contributed by atoms with Crippen LogP contribution < -0.4 is 10.6 Å². The molecule has 0 heterocycles. The molecule has 2 rings (SSSR count). The second-order valence-electron chi connectivity index (χ2n) is 6.82. The fourth-order valence-corrected chi connectivity index (χ4v) is 4.84. The maximum atomic E-state index is 12.1. The fraction of sp³-hybridized carbons (Fsp3) is 0.938. The summed E-state index contributed by atoms with van der Waals surface area (Å²) >= 11 is 1.79. The molecule has 2 aliphatic rings. The van der Waals surface area contributed by atoms with Gasteiger partial charge in [-0.2, -0.15) is 11.8 Å². The van der Waals surface area contributed by atoms with Crippen molar-refractivity contribution in [3.8, 4) is 0 Å². The second-order valence-corrected chi connectivity index (χ2v) is 8.30. The Morgan fingerprint density at radius 3 is 2.48 bits per heavy atom. The van der Waals surface area contributed by atoms with Gasteiger partial charge < -0.3 is 15.7 Å². The van der Waals surface area contributed by atoms with Crippen LogP contribution in [-0.2, 0) is 0 Å². The molecule has 21 heavy (non-hydrogen) atoms. The molecule has 2 saturated carbocycles. The van der Waals surface area contributed by atoms with Crippen molar-refractivity contribution >= 4 is 17.8 Å². The van der Waals surface area contributed by atoms with E-state index in [-0.39, 0.29) is 17.3 Å². The van der Waals surface area contributed by atoms with Gasteiger partial charge in [0.2, 0.25) is 0 Å². The monoisotopic (exact) mass is 314 g/mol. The molecule has 0 aliphatic heterocycles. The van der Waals surface area contributed by atoms with E-state index in [1.807, 2.05) is 0 Å². The number of carbonyl (C=O) groups is 1. The first kappa shape index (κ1) is 16.9. The van der Waals surface area contributed by atoms with Crippen LogP contribution >= 0.6 is 11.8 Å². The zero-order valence-electron chi connectivity index (χ0n) is 13.5. The Morgan fingerprint density at radius 2 is 1.95 bits per heavy atom. The predicted octanol–water partition coefficient (Wildman–Crippen LogP) is 2.76. The summed E-state index contributed by atoms with van der Waals surface area (Å²) in [4.78, 5) is 12.1. The van der Waals surface area contributed by atoms with Crippen molar-refractivity contribution in [1.82, 2.24) is 10.6 Å². The molecule has 3 N–H and O–H groups in total. The molecule has 0 aromatic rings. The van der Waals surface area contributed by atoms with E-state index in [9.17, 15) is 9.90 Å². The summed E-state index contributed by atoms with van der Waals surface area (Å²) in [5.41, 5.74) is -0.707. The molecule has 5 atom stereocenters. The number of rotatable bonds is 5. The quantitative estimate of drug-likeness (QED) is 0.731. The third-order valence-electron chi connectivity index (χ3n) is 5.20. The molecule has 0 radical (unpaired) electrons. The zero-order valence-corrected chi connectivity index (χ0v) is 14.3. The summed E-state index contributed by atoms with van der Waals surface area (Å²) in [6.07, 6.45) is 5.48. The Morgan fingerprint density at radius 1 is 1.29 bits per heavy atom. The maximum Gasteiger partial charge on any atom is 0.315 e. The highest BCUT2D eigenvalue weighted by molar-refractivity contribution is 8.00. The van der Waals surface area contributed by atoms with Gasteiger partial charge in [-0.25, -0.2) is 4.79 Å². The third kappa shape index (κ3) is 4.07. The van der Waals surface area contributed by atoms with Gasteiger partial charge in [-0.1, -0.05) is 27.2 Å². The summed E-state index contributed by atoms with van der Waals surface area (Å²) in [6, 6.07) is 0.136. The van der Waals surface area contributed by atoms with Crippen molar-refractivity contribution in [3.05, 3.63) is 0 Å². The Bertz CT molecular complexity index is 356. The topological polar surface area (TPSA) is 61.4 Å². The summed E-state index contributed by atoms with van der Waals surface area (Å²) in [7, 11) is 0. The Kier molecular flexibility index (Phi) is 5.83. The largest absolute Gasteiger partial charge is 0.387 e. The molecule has 2 aliphatic carbocycles. The predicted molar refractivity (Wildman–Crippen MR) is 88.6 cm³/mol. The number of urea groups is 1. The number of hydrogen-bond acceptors (Lipinski definition) is 3. The van der Waals surface area contributed by atoms with Crippen LogP contribution in [0, 0.1) is 11.8 Å². The van der Waals surface area contributed by atoms with Gasteiger partial charge in [-0.3, -0.25) is 0 Å². The summed E-state index contributed by atoms with van der Waals surface area (Å²) in [5, 5.41) is 16.8. The van der Waals surface area contributed by atoms with Crippen LogP contribution in [0.3, 0.4) is 0 Å². The summed E-state index contributed by atoms with van der Waals surface area (Å²) in [6.45, 7) is 6.91. The first-order valence-corrected chi connectivity index (χ1v) is 9.39. The van der Waals surface area contributed by atoms with Crippen molar-refractivity contribution < 1.29 is 9.90 Å². The van der Waals surface area contributed by atoms with Gasteiger partial charge in [-0.15, -0.1) is 0 Å². The van der Waals surface area contributed by atoms with Gasteiger partial charge >= 0.3 is 6.03 Å². The van der Waals surface area contributed by atoms with Crippen LogP contribution in [-0.4, -0.2) is 40.3 Å². The van der Waals surface area contributed by atoms with Crippen molar-refractivity contribution in [2.75, 3.05) is 12.3 Å². The molecule has 0 spiro atoms. The Hall–Kier alpha value is -0.420. The minimum absolute atomic E-state index is 0.124. The van der Waals surface area contributed by atoms with E-state index in [4.69, 9.17) is 0 Å². The number of amides is 2. The molecule has 0 saturated heterocycles. The maximum absolute atomic E-state index is 12.1. The zero-order chi connectivity index (χ0) is 15.5. The van der Waals surface area contributed by atoms with Gasteiger partial charge in [0.15, 0.2) is 0 Å². The van der Waals surface area contributed by atoms with Gasteiger partial charge in [0.1, 0.15) is 0 Å². The van der Waals surface area contributed by atoms with E-state index in [0.29, 0.717) is 18.4 Å². The Balaban J connectivity index is 1.77. The van der Waals surface area contributed by atoms with Gasteiger partial charge in [-0.05, 0) is 43.3 Å². The summed E-state index contributed by atoms with van der Waals surface area (Å²) < 4.78 is 0. The van der Waals surface area contributed by atoms with Crippen LogP contribution in [0.1, 0.15) is 52.9 Å². The molecule has 5 heteroatoms. The van der Waals surface area contributed by atoms with Crippen LogP contribution in [0.25, 0.3) is 0 Å². The second kappa shape index (κ2) is 7.23. The lowest BCUT2D eigenvalue weighted by Gasteiger charge is -2.45. The number of carbonyl (C=O) groups excluding carboxylic acids is 1. The first-order chi connectivity index (χ1) is 9.96. The van der Waals surface area contributed by atoms with Crippen LogP contribution in [0.15, 0.2) is 0 Å². The summed E-state index contributed by atoms with van der Waals surface area (Å²) in [5.74, 6) is 2.08. The van der Waals surface area contributed by atoms with E-state index in [2.05, 4.69) is 31.4 Å². The molecule has 2 amide bonds. The van der Waals surface area contributed by atoms with Crippen molar-refractivity contribution in [2.45, 2.75) is 69.8 Å². The van der Waals surface area contributed by atoms with E-state index in [1.165, 1.54) is 19.3 Å². The van der Waals surface area contributed by atoms with Crippen molar-refractivity contribution in [3.63, 3.8) is 0 Å². The molecule has 0 bridgehead atoms. The highest BCUT2D eigenvalue weighted by Gasteiger charge is 2.45. The minimum atomic E-state index is -0.707. The lowest BCUT2D eigenvalue weighted by Crippen LogP contribution is -2.59. The standard InChI is InChI=1S/C16H30N2O2S/c1-4-21-13-8-9-16(13,20)10-17-15(19)18-14-11(2)6-5-7-12(14)3/h11-14,20H,4-10H2,1-3H3,(H2,17,18,19)/t11-,12+,13-,14?,16-/m1/s1. The molecule has 0 aromatic heterocycles. The molecule has 1 unspecified atom stereocenters. The highest BCUT2D eigenvalue weighted by atomic mass is 32.2. The molecule has 2 fully saturated rings. The van der Waals surface area contributed by atoms with Gasteiger partial charge in [0.05, 0.1) is 5.60 Å². The average Bonchev–Trinajstić information content (AvgIpc) is 2.45. The molecular formula is C16H30N2O2S. The van der Waals surface area contributed by atoms with Gasteiger partial charge in [0, 0.05) is 17.8 Å². The smallest absolute Gasteiger partial charge is 0.315 e. The highest BCUT2D eigenvalue weighted by Crippen LogP contribution is 2.40. The lowest BCUT2D eigenvalue weighted by atomic mass is 9.78. The van der Waals surface area contributed by atoms with Crippen LogP contribution in [0.5, 0.6) is 0 Å². The third-order valence-corrected chi connectivity index (χ3v) is 6.61. The fourth-order valence-electron chi connectivity index (χ4n) is 3.64. The lowest BCUT2D eigenvalue weighted by molar-refractivity contribution is -0.0211. The van der Waals surface area contributed by atoms with Crippen LogP contribution in [0.4, 0.5) is 4.79 Å². The minimum Gasteiger partial charge on any atom is -0.387 e. The number of aliphatic hydroxyl groups is 1. The van der Waals surface area contributed by atoms with Crippen LogP contribution in [0.2, 0.25) is 0 Å². The van der Waals surface area contributed by atoms with Crippen molar-refractivity contribution in [1.29, 1.82) is 0 Å². The number of thioether (sulfide) groups is 1. The van der Waals surface area contributed by atoms with E-state index in [1.54, 1.807) is 11.8 Å². The molecule has 0 aromatic carbocycles. The van der Waals surface area contributed by atoms with E-state index >= 15 is 0 Å². The molecule has 4 nitrogen and oxygen atoms in total. The molecular weight excluding hydrogens is 284 g/mol. The Labute approximate surface area is 132 Å². The normalized spacial score (nSPS) is 39.4. The first-order valence-electron chi connectivity index (χ1n) is 8.34. The van der Waals surface area contributed by atoms with E-state index in [0.717, 1.165) is 18.6 Å². The van der Waals surface area contributed by atoms with Gasteiger partial charge in [0.25, 0.3) is 0 Å². The van der Waals surface area contributed by atoms with Crippen molar-refractivity contribution in [2.24, 2.45) is 11.8 Å². The molecule has 122 valence electrons. The SMILES string of the molecule is CCS[C@@H]1CC[C@@]1(O)CNC(=O)NC1[C@H](C)CCC[C@@H]1C.